The zero-order valence-corrected chi connectivity index (χ0v) is 21.3. The molecule has 0 aliphatic carbocycles. The van der Waals surface area contributed by atoms with Crippen LogP contribution in [0.1, 0.15) is 37.3 Å². The number of aromatic nitrogens is 2. The molecule has 1 aliphatic rings. The zero-order valence-electron chi connectivity index (χ0n) is 19.0. The lowest BCUT2D eigenvalue weighted by Gasteiger charge is -2.28. The first-order valence-corrected chi connectivity index (χ1v) is 13.0. The fourth-order valence-corrected chi connectivity index (χ4v) is 5.53. The average Bonchev–Trinajstić information content (AvgIpc) is 2.80. The Kier molecular flexibility index (Phi) is 8.20. The molecule has 0 bridgehead atoms. The zero-order chi connectivity index (χ0) is 25.2. The number of rotatable bonds is 7. The van der Waals surface area contributed by atoms with Crippen molar-refractivity contribution < 1.29 is 17.9 Å². The first kappa shape index (κ1) is 26.1. The highest BCUT2D eigenvalue weighted by Crippen LogP contribution is 2.37. The molecule has 1 saturated heterocycles. The number of fused-ring (bicyclic) bond motifs is 1. The third-order valence-electron chi connectivity index (χ3n) is 5.84. The van der Waals surface area contributed by atoms with Gasteiger partial charge in [0.1, 0.15) is 5.75 Å². The summed E-state index contributed by atoms with van der Waals surface area (Å²) in [7, 11) is 0. The van der Waals surface area contributed by atoms with Gasteiger partial charge in [-0.25, -0.2) is 4.98 Å². The number of halogens is 5. The molecule has 4 rings (SSSR count). The van der Waals surface area contributed by atoms with Crippen LogP contribution in [0.5, 0.6) is 5.75 Å². The third-order valence-corrected chi connectivity index (χ3v) is 7.48. The Morgan fingerprint density at radius 2 is 1.86 bits per heavy atom. The van der Waals surface area contributed by atoms with Crippen LogP contribution in [0.15, 0.2) is 40.3 Å². The SMILES string of the molecule is CCSc1ccc(Cl)cc1Cn1cnc2c(Cl)c(CN3CCCCC3)c(OC(F)(F)F)cc2c1=O. The molecule has 1 aliphatic heterocycles. The summed E-state index contributed by atoms with van der Waals surface area (Å²) in [5, 5.41) is 0.487. The second-order valence-electron chi connectivity index (χ2n) is 8.31. The lowest BCUT2D eigenvalue weighted by atomic mass is 10.1. The van der Waals surface area contributed by atoms with E-state index in [1.165, 1.54) is 10.9 Å². The molecule has 0 spiro atoms. The maximum atomic E-state index is 13.3. The molecule has 1 aromatic heterocycles. The highest BCUT2D eigenvalue weighted by atomic mass is 35.5. The van der Waals surface area contributed by atoms with Crippen molar-refractivity contribution in [1.29, 1.82) is 0 Å². The van der Waals surface area contributed by atoms with E-state index in [2.05, 4.69) is 9.72 Å². The fraction of sp³-hybridized carbons (Fsp3) is 0.417. The summed E-state index contributed by atoms with van der Waals surface area (Å²) >= 11 is 14.3. The second kappa shape index (κ2) is 11.0. The van der Waals surface area contributed by atoms with E-state index in [0.717, 1.165) is 54.6 Å². The summed E-state index contributed by atoms with van der Waals surface area (Å²) in [6.45, 7) is 3.87. The Labute approximate surface area is 215 Å². The number of alkyl halides is 3. The number of nitrogens with zero attached hydrogens (tertiary/aromatic N) is 3. The molecule has 1 fully saturated rings. The molecule has 0 atom stereocenters. The smallest absolute Gasteiger partial charge is 0.405 e. The van der Waals surface area contributed by atoms with Crippen LogP contribution >= 0.6 is 35.0 Å². The fourth-order valence-electron chi connectivity index (χ4n) is 4.25. The predicted molar refractivity (Wildman–Crippen MR) is 134 cm³/mol. The summed E-state index contributed by atoms with van der Waals surface area (Å²) < 4.78 is 45.5. The van der Waals surface area contributed by atoms with Gasteiger partial charge in [0.05, 0.1) is 28.8 Å². The maximum Gasteiger partial charge on any atom is 0.573 e. The van der Waals surface area contributed by atoms with Gasteiger partial charge in [-0.2, -0.15) is 0 Å². The molecule has 3 aromatic rings. The van der Waals surface area contributed by atoms with Crippen molar-refractivity contribution >= 4 is 45.9 Å². The maximum absolute atomic E-state index is 13.3. The predicted octanol–water partition coefficient (Wildman–Crippen LogP) is 6.75. The quantitative estimate of drug-likeness (QED) is 0.307. The van der Waals surface area contributed by atoms with E-state index in [4.69, 9.17) is 23.2 Å². The third kappa shape index (κ3) is 6.25. The lowest BCUT2D eigenvalue weighted by molar-refractivity contribution is -0.274. The van der Waals surface area contributed by atoms with E-state index >= 15 is 0 Å². The molecule has 0 radical (unpaired) electrons. The van der Waals surface area contributed by atoms with Crippen molar-refractivity contribution in [3.63, 3.8) is 0 Å². The molecule has 0 amide bonds. The van der Waals surface area contributed by atoms with E-state index in [-0.39, 0.29) is 34.6 Å². The van der Waals surface area contributed by atoms with Crippen molar-refractivity contribution in [1.82, 2.24) is 14.5 Å². The lowest BCUT2D eigenvalue weighted by Crippen LogP contribution is -2.30. The standard InChI is InChI=1S/C24H24Cl2F3N3O2S/c1-2-35-20-7-6-16(25)10-15(20)12-32-14-30-22-17(23(32)33)11-19(34-24(27,28)29)18(21(22)26)13-31-8-4-3-5-9-31/h6-7,10-11,14H,2-5,8-9,12-13H2,1H3. The Bertz CT molecular complexity index is 1280. The van der Waals surface area contributed by atoms with Crippen molar-refractivity contribution in [2.24, 2.45) is 0 Å². The van der Waals surface area contributed by atoms with Crippen LogP contribution in [0.4, 0.5) is 13.2 Å². The van der Waals surface area contributed by atoms with Crippen molar-refractivity contribution in [3.8, 4) is 5.75 Å². The minimum absolute atomic E-state index is 0.00144. The molecule has 0 unspecified atom stereocenters. The molecular weight excluding hydrogens is 522 g/mol. The van der Waals surface area contributed by atoms with Gasteiger partial charge in [-0.05, 0) is 61.5 Å². The highest BCUT2D eigenvalue weighted by Gasteiger charge is 2.34. The van der Waals surface area contributed by atoms with Crippen LogP contribution in [0.25, 0.3) is 10.9 Å². The summed E-state index contributed by atoms with van der Waals surface area (Å²) in [5.74, 6) is 0.356. The molecule has 11 heteroatoms. The van der Waals surface area contributed by atoms with Crippen LogP contribution in [0.2, 0.25) is 10.0 Å². The summed E-state index contributed by atoms with van der Waals surface area (Å²) in [6.07, 6.45) is -0.550. The van der Waals surface area contributed by atoms with Gasteiger partial charge in [0, 0.05) is 22.0 Å². The average molecular weight is 546 g/mol. The molecule has 0 saturated carbocycles. The minimum Gasteiger partial charge on any atom is -0.405 e. The van der Waals surface area contributed by atoms with Crippen LogP contribution in [0.3, 0.4) is 0 Å². The Hall–Kier alpha value is -1.94. The van der Waals surface area contributed by atoms with Gasteiger partial charge in [0.2, 0.25) is 0 Å². The van der Waals surface area contributed by atoms with Gasteiger partial charge in [-0.15, -0.1) is 24.9 Å². The number of likely N-dealkylation sites (tertiary alicyclic amines) is 1. The summed E-state index contributed by atoms with van der Waals surface area (Å²) in [5.41, 5.74) is 0.635. The minimum atomic E-state index is -4.93. The molecule has 0 N–H and O–H groups in total. The molecule has 188 valence electrons. The first-order chi connectivity index (χ1) is 16.7. The van der Waals surface area contributed by atoms with Crippen molar-refractivity contribution in [3.05, 3.63) is 62.1 Å². The van der Waals surface area contributed by atoms with Gasteiger partial charge in [-0.3, -0.25) is 14.3 Å². The van der Waals surface area contributed by atoms with E-state index < -0.39 is 17.7 Å². The number of ether oxygens (including phenoxy) is 1. The number of thioether (sulfide) groups is 1. The van der Waals surface area contributed by atoms with Crippen LogP contribution in [0, 0.1) is 0 Å². The summed E-state index contributed by atoms with van der Waals surface area (Å²) in [6, 6.07) is 6.53. The molecule has 35 heavy (non-hydrogen) atoms. The van der Waals surface area contributed by atoms with Crippen LogP contribution < -0.4 is 10.3 Å². The van der Waals surface area contributed by atoms with E-state index in [0.29, 0.717) is 5.02 Å². The largest absolute Gasteiger partial charge is 0.573 e. The molecule has 2 heterocycles. The van der Waals surface area contributed by atoms with E-state index in [1.54, 1.807) is 23.9 Å². The topological polar surface area (TPSA) is 47.4 Å². The Morgan fingerprint density at radius 1 is 1.11 bits per heavy atom. The number of benzene rings is 2. The molecular formula is C24H24Cl2F3N3O2S. The van der Waals surface area contributed by atoms with Gasteiger partial charge in [-0.1, -0.05) is 36.5 Å². The second-order valence-corrected chi connectivity index (χ2v) is 10.4. The number of hydrogen-bond acceptors (Lipinski definition) is 5. The molecule has 2 aromatic carbocycles. The van der Waals surface area contributed by atoms with Gasteiger partial charge in [0.25, 0.3) is 5.56 Å². The Balaban J connectivity index is 1.79. The van der Waals surface area contributed by atoms with Gasteiger partial charge < -0.3 is 4.74 Å². The number of hydrogen-bond donors (Lipinski definition) is 0. The highest BCUT2D eigenvalue weighted by molar-refractivity contribution is 7.99. The van der Waals surface area contributed by atoms with E-state index in [1.807, 2.05) is 17.9 Å². The van der Waals surface area contributed by atoms with Crippen molar-refractivity contribution in [2.75, 3.05) is 18.8 Å². The Morgan fingerprint density at radius 3 is 2.54 bits per heavy atom. The van der Waals surface area contributed by atoms with Crippen LogP contribution in [-0.4, -0.2) is 39.7 Å². The first-order valence-electron chi connectivity index (χ1n) is 11.3. The monoisotopic (exact) mass is 545 g/mol. The van der Waals surface area contributed by atoms with Gasteiger partial charge in [0.15, 0.2) is 0 Å². The van der Waals surface area contributed by atoms with Gasteiger partial charge >= 0.3 is 6.36 Å². The molecule has 5 nitrogen and oxygen atoms in total. The normalized spacial score (nSPS) is 15.0. The van der Waals surface area contributed by atoms with E-state index in [9.17, 15) is 18.0 Å². The number of piperidine rings is 1. The van der Waals surface area contributed by atoms with Crippen LogP contribution in [-0.2, 0) is 13.1 Å². The summed E-state index contributed by atoms with van der Waals surface area (Å²) in [4.78, 5) is 20.7. The van der Waals surface area contributed by atoms with Crippen molar-refractivity contribution in [2.45, 2.75) is 50.5 Å².